The van der Waals surface area contributed by atoms with Gasteiger partial charge in [0.1, 0.15) is 0 Å². The van der Waals surface area contributed by atoms with E-state index >= 15 is 0 Å². The second-order valence-electron chi connectivity index (χ2n) is 1.71. The molecule has 0 saturated heterocycles. The van der Waals surface area contributed by atoms with Crippen LogP contribution in [0.15, 0.2) is 0 Å². The molecule has 1 N–H and O–H groups in total. The van der Waals surface area contributed by atoms with E-state index in [2.05, 4.69) is 16.4 Å². The molecule has 0 atom stereocenters. The van der Waals surface area contributed by atoms with E-state index in [0.29, 0.717) is 6.42 Å². The molecule has 0 aromatic rings. The molecule has 0 aliphatic heterocycles. The molecule has 0 aliphatic rings. The number of unbranched alkanes of at least 4 members (excludes halogenated alkanes) is 2. The molecule has 52 valence electrons. The van der Waals surface area contributed by atoms with Crippen LogP contribution in [0.5, 0.6) is 0 Å². The first-order chi connectivity index (χ1) is 4.41. The van der Waals surface area contributed by atoms with E-state index in [1.54, 1.807) is 7.11 Å². The maximum Gasteiger partial charge on any atom is 0.0621 e. The molecule has 0 amide bonds. The summed E-state index contributed by atoms with van der Waals surface area (Å²) in [6.07, 6.45) is 2.60. The fraction of sp³-hybridized carbons (Fsp3) is 0.833. The monoisotopic (exact) mass is 128 g/mol. The standard InChI is InChI=1S/C6H12N2O/c1-9-8-6-4-2-3-5-7/h8H,2-4,6H2,1H3. The molecule has 0 spiro atoms. The lowest BCUT2D eigenvalue weighted by Crippen LogP contribution is -2.12. The Bertz CT molecular complexity index is 87.5. The summed E-state index contributed by atoms with van der Waals surface area (Å²) in [4.78, 5) is 4.59. The van der Waals surface area contributed by atoms with Crippen molar-refractivity contribution in [3.05, 3.63) is 0 Å². The number of hydroxylamine groups is 1. The van der Waals surface area contributed by atoms with E-state index in [1.807, 2.05) is 0 Å². The van der Waals surface area contributed by atoms with Gasteiger partial charge in [-0.1, -0.05) is 0 Å². The summed E-state index contributed by atoms with van der Waals surface area (Å²) in [6.45, 7) is 0.832. The van der Waals surface area contributed by atoms with Crippen molar-refractivity contribution in [2.24, 2.45) is 0 Å². The van der Waals surface area contributed by atoms with Crippen molar-refractivity contribution >= 4 is 0 Å². The highest BCUT2D eigenvalue weighted by Crippen LogP contribution is 1.90. The van der Waals surface area contributed by atoms with Gasteiger partial charge in [0.25, 0.3) is 0 Å². The highest BCUT2D eigenvalue weighted by atomic mass is 16.6. The van der Waals surface area contributed by atoms with Gasteiger partial charge in [0.15, 0.2) is 0 Å². The first-order valence-electron chi connectivity index (χ1n) is 3.04. The van der Waals surface area contributed by atoms with Crippen molar-refractivity contribution in [2.45, 2.75) is 19.3 Å². The van der Waals surface area contributed by atoms with Crippen molar-refractivity contribution < 1.29 is 4.84 Å². The van der Waals surface area contributed by atoms with Gasteiger partial charge in [-0.05, 0) is 12.8 Å². The molecule has 0 radical (unpaired) electrons. The first kappa shape index (κ1) is 8.41. The second kappa shape index (κ2) is 7.41. The van der Waals surface area contributed by atoms with Gasteiger partial charge < -0.3 is 4.84 Å². The van der Waals surface area contributed by atoms with Crippen LogP contribution in [0.4, 0.5) is 0 Å². The zero-order valence-electron chi connectivity index (χ0n) is 5.68. The van der Waals surface area contributed by atoms with Crippen molar-refractivity contribution in [3.8, 4) is 6.07 Å². The van der Waals surface area contributed by atoms with Crippen LogP contribution >= 0.6 is 0 Å². The Morgan fingerprint density at radius 3 is 2.89 bits per heavy atom. The number of hydrogen-bond acceptors (Lipinski definition) is 3. The summed E-state index contributed by atoms with van der Waals surface area (Å²) in [5.74, 6) is 0. The van der Waals surface area contributed by atoms with Gasteiger partial charge >= 0.3 is 0 Å². The van der Waals surface area contributed by atoms with E-state index in [9.17, 15) is 0 Å². The Morgan fingerprint density at radius 2 is 2.33 bits per heavy atom. The van der Waals surface area contributed by atoms with Crippen LogP contribution in [0.3, 0.4) is 0 Å². The van der Waals surface area contributed by atoms with Crippen LogP contribution in [0, 0.1) is 11.3 Å². The maximum absolute atomic E-state index is 8.12. The molecular weight excluding hydrogens is 116 g/mol. The third-order valence-corrected chi connectivity index (χ3v) is 0.962. The van der Waals surface area contributed by atoms with Gasteiger partial charge in [-0.25, -0.2) is 5.48 Å². The van der Waals surface area contributed by atoms with Gasteiger partial charge in [-0.3, -0.25) is 0 Å². The number of nitriles is 1. The molecule has 0 bridgehead atoms. The van der Waals surface area contributed by atoms with Crippen LogP contribution in [0.1, 0.15) is 19.3 Å². The van der Waals surface area contributed by atoms with E-state index in [0.717, 1.165) is 19.4 Å². The molecule has 0 aromatic heterocycles. The molecular formula is C6H12N2O. The summed E-state index contributed by atoms with van der Waals surface area (Å²) >= 11 is 0. The highest BCUT2D eigenvalue weighted by Gasteiger charge is 1.84. The van der Waals surface area contributed by atoms with Gasteiger partial charge in [-0.15, -0.1) is 0 Å². The lowest BCUT2D eigenvalue weighted by Gasteiger charge is -1.97. The second-order valence-corrected chi connectivity index (χ2v) is 1.71. The fourth-order valence-electron chi connectivity index (χ4n) is 0.503. The van der Waals surface area contributed by atoms with Crippen LogP contribution in [0.2, 0.25) is 0 Å². The third-order valence-electron chi connectivity index (χ3n) is 0.962. The fourth-order valence-corrected chi connectivity index (χ4v) is 0.503. The predicted octanol–water partition coefficient (Wildman–Crippen LogP) is 0.831. The molecule has 0 aliphatic carbocycles. The van der Waals surface area contributed by atoms with Crippen molar-refractivity contribution in [1.82, 2.24) is 5.48 Å². The molecule has 0 heterocycles. The Labute approximate surface area is 55.6 Å². The van der Waals surface area contributed by atoms with Gasteiger partial charge in [0.2, 0.25) is 0 Å². The quantitative estimate of drug-likeness (QED) is 0.440. The van der Waals surface area contributed by atoms with Gasteiger partial charge in [-0.2, -0.15) is 5.26 Å². The molecule has 0 unspecified atom stereocenters. The SMILES string of the molecule is CONCCCCC#N. The average molecular weight is 128 g/mol. The smallest absolute Gasteiger partial charge is 0.0621 e. The lowest BCUT2D eigenvalue weighted by molar-refractivity contribution is 0.0907. The number of hydrogen-bond donors (Lipinski definition) is 1. The zero-order chi connectivity index (χ0) is 6.95. The summed E-state index contributed by atoms with van der Waals surface area (Å²) in [6, 6.07) is 2.08. The molecule has 3 nitrogen and oxygen atoms in total. The van der Waals surface area contributed by atoms with Crippen molar-refractivity contribution in [3.63, 3.8) is 0 Å². The maximum atomic E-state index is 8.12. The molecule has 0 fully saturated rings. The Balaban J connectivity index is 2.69. The normalized spacial score (nSPS) is 8.89. The van der Waals surface area contributed by atoms with E-state index in [4.69, 9.17) is 5.26 Å². The third kappa shape index (κ3) is 7.41. The Morgan fingerprint density at radius 1 is 1.56 bits per heavy atom. The lowest BCUT2D eigenvalue weighted by atomic mass is 10.2. The summed E-state index contributed by atoms with van der Waals surface area (Å²) < 4.78 is 0. The molecule has 3 heteroatoms. The molecule has 0 saturated carbocycles. The Kier molecular flexibility index (Phi) is 6.92. The minimum Gasteiger partial charge on any atom is -0.305 e. The average Bonchev–Trinajstić information content (AvgIpc) is 1.89. The zero-order valence-corrected chi connectivity index (χ0v) is 5.68. The van der Waals surface area contributed by atoms with Crippen LogP contribution in [-0.4, -0.2) is 13.7 Å². The first-order valence-corrected chi connectivity index (χ1v) is 3.04. The molecule has 9 heavy (non-hydrogen) atoms. The van der Waals surface area contributed by atoms with Gasteiger partial charge in [0, 0.05) is 13.0 Å². The number of nitrogens with one attached hydrogen (secondary N) is 1. The summed E-state index contributed by atoms with van der Waals surface area (Å²) in [7, 11) is 1.59. The summed E-state index contributed by atoms with van der Waals surface area (Å²) in [5, 5.41) is 8.12. The van der Waals surface area contributed by atoms with Crippen molar-refractivity contribution in [1.29, 1.82) is 5.26 Å². The largest absolute Gasteiger partial charge is 0.305 e. The molecule has 0 rings (SSSR count). The Hall–Kier alpha value is -0.590. The minimum absolute atomic E-state index is 0.644. The minimum atomic E-state index is 0.644. The van der Waals surface area contributed by atoms with E-state index < -0.39 is 0 Å². The topological polar surface area (TPSA) is 45.0 Å². The van der Waals surface area contributed by atoms with E-state index in [1.165, 1.54) is 0 Å². The number of nitrogens with zero attached hydrogens (tertiary/aromatic N) is 1. The van der Waals surface area contributed by atoms with Gasteiger partial charge in [0.05, 0.1) is 13.2 Å². The highest BCUT2D eigenvalue weighted by molar-refractivity contribution is 4.67. The summed E-state index contributed by atoms with van der Waals surface area (Å²) in [5.41, 5.74) is 2.70. The number of rotatable bonds is 5. The van der Waals surface area contributed by atoms with Crippen molar-refractivity contribution in [2.75, 3.05) is 13.7 Å². The van der Waals surface area contributed by atoms with Crippen LogP contribution < -0.4 is 5.48 Å². The van der Waals surface area contributed by atoms with Crippen LogP contribution in [-0.2, 0) is 4.84 Å². The predicted molar refractivity (Wildman–Crippen MR) is 34.5 cm³/mol. The molecule has 0 aromatic carbocycles. The van der Waals surface area contributed by atoms with E-state index in [-0.39, 0.29) is 0 Å². The van der Waals surface area contributed by atoms with Crippen LogP contribution in [0.25, 0.3) is 0 Å².